The summed E-state index contributed by atoms with van der Waals surface area (Å²) in [5.41, 5.74) is 7.29. The Labute approximate surface area is 122 Å². The molecule has 3 unspecified atom stereocenters. The van der Waals surface area contributed by atoms with E-state index in [0.29, 0.717) is 11.8 Å². The maximum atomic E-state index is 12.6. The van der Waals surface area contributed by atoms with Crippen molar-refractivity contribution in [1.29, 1.82) is 0 Å². The van der Waals surface area contributed by atoms with Gasteiger partial charge in [-0.3, -0.25) is 4.79 Å². The first-order chi connectivity index (χ1) is 9.50. The van der Waals surface area contributed by atoms with Crippen LogP contribution in [0.2, 0.25) is 0 Å². The Balaban J connectivity index is 1.99. The van der Waals surface area contributed by atoms with E-state index in [4.69, 9.17) is 5.73 Å². The average molecular weight is 274 g/mol. The van der Waals surface area contributed by atoms with Gasteiger partial charge in [-0.25, -0.2) is 0 Å². The highest BCUT2D eigenvalue weighted by atomic mass is 16.2. The van der Waals surface area contributed by atoms with Crippen LogP contribution in [0.4, 0.5) is 0 Å². The Morgan fingerprint density at radius 1 is 1.25 bits per heavy atom. The van der Waals surface area contributed by atoms with E-state index in [2.05, 4.69) is 13.8 Å². The minimum atomic E-state index is -0.221. The zero-order valence-electron chi connectivity index (χ0n) is 12.8. The molecule has 1 aliphatic rings. The Hall–Kier alpha value is -1.35. The average Bonchev–Trinajstić information content (AvgIpc) is 2.96. The SMILES string of the molecule is CC(C)C1CCN(C(=O)C(C)C(N)c2ccccc2)C1. The summed E-state index contributed by atoms with van der Waals surface area (Å²) in [4.78, 5) is 14.6. The van der Waals surface area contributed by atoms with Crippen molar-refractivity contribution in [3.05, 3.63) is 35.9 Å². The molecule has 2 rings (SSSR count). The van der Waals surface area contributed by atoms with Crippen LogP contribution >= 0.6 is 0 Å². The Morgan fingerprint density at radius 3 is 2.45 bits per heavy atom. The molecule has 3 nitrogen and oxygen atoms in total. The van der Waals surface area contributed by atoms with Gasteiger partial charge in [0.15, 0.2) is 0 Å². The number of hydrogen-bond donors (Lipinski definition) is 1. The fraction of sp³-hybridized carbons (Fsp3) is 0.588. The molecule has 20 heavy (non-hydrogen) atoms. The van der Waals surface area contributed by atoms with Gasteiger partial charge in [-0.2, -0.15) is 0 Å². The van der Waals surface area contributed by atoms with Crippen molar-refractivity contribution in [3.8, 4) is 0 Å². The molecule has 3 atom stereocenters. The molecular weight excluding hydrogens is 248 g/mol. The second-order valence-electron chi connectivity index (χ2n) is 6.30. The van der Waals surface area contributed by atoms with Crippen molar-refractivity contribution in [3.63, 3.8) is 0 Å². The van der Waals surface area contributed by atoms with Gasteiger partial charge in [0, 0.05) is 19.1 Å². The summed E-state index contributed by atoms with van der Waals surface area (Å²) in [6.45, 7) is 8.19. The Kier molecular flexibility index (Phi) is 4.81. The molecule has 1 amide bonds. The summed E-state index contributed by atoms with van der Waals surface area (Å²) in [6.07, 6.45) is 1.12. The van der Waals surface area contributed by atoms with Crippen LogP contribution in [0.1, 0.15) is 38.8 Å². The van der Waals surface area contributed by atoms with Gasteiger partial charge in [0.1, 0.15) is 0 Å². The second-order valence-corrected chi connectivity index (χ2v) is 6.30. The predicted molar refractivity (Wildman–Crippen MR) is 82.1 cm³/mol. The first-order valence-corrected chi connectivity index (χ1v) is 7.60. The first-order valence-electron chi connectivity index (χ1n) is 7.60. The van der Waals surface area contributed by atoms with Gasteiger partial charge >= 0.3 is 0 Å². The fourth-order valence-electron chi connectivity index (χ4n) is 2.94. The number of rotatable bonds is 4. The lowest BCUT2D eigenvalue weighted by Gasteiger charge is -2.25. The van der Waals surface area contributed by atoms with E-state index in [-0.39, 0.29) is 17.9 Å². The third-order valence-corrected chi connectivity index (χ3v) is 4.59. The monoisotopic (exact) mass is 274 g/mol. The van der Waals surface area contributed by atoms with Gasteiger partial charge in [-0.05, 0) is 23.8 Å². The van der Waals surface area contributed by atoms with Crippen LogP contribution in [-0.2, 0) is 4.79 Å². The number of nitrogens with two attached hydrogens (primary N) is 1. The van der Waals surface area contributed by atoms with Crippen molar-refractivity contribution in [1.82, 2.24) is 4.90 Å². The van der Waals surface area contributed by atoms with Crippen molar-refractivity contribution in [2.24, 2.45) is 23.5 Å². The van der Waals surface area contributed by atoms with Gasteiger partial charge < -0.3 is 10.6 Å². The smallest absolute Gasteiger partial charge is 0.227 e. The van der Waals surface area contributed by atoms with E-state index in [0.717, 1.165) is 25.1 Å². The molecule has 0 spiro atoms. The molecule has 3 heteroatoms. The van der Waals surface area contributed by atoms with Gasteiger partial charge in [0.2, 0.25) is 5.91 Å². The molecule has 1 fully saturated rings. The summed E-state index contributed by atoms with van der Waals surface area (Å²) in [5.74, 6) is 1.32. The molecule has 110 valence electrons. The summed E-state index contributed by atoms with van der Waals surface area (Å²) < 4.78 is 0. The maximum absolute atomic E-state index is 12.6. The number of carbonyl (C=O) groups is 1. The van der Waals surface area contributed by atoms with E-state index in [9.17, 15) is 4.79 Å². The van der Waals surface area contributed by atoms with Crippen LogP contribution in [0.3, 0.4) is 0 Å². The zero-order valence-corrected chi connectivity index (χ0v) is 12.8. The molecule has 0 bridgehead atoms. The summed E-state index contributed by atoms with van der Waals surface area (Å²) in [5, 5.41) is 0. The van der Waals surface area contributed by atoms with E-state index < -0.39 is 0 Å². The lowest BCUT2D eigenvalue weighted by atomic mass is 9.94. The van der Waals surface area contributed by atoms with Gasteiger partial charge in [0.25, 0.3) is 0 Å². The highest BCUT2D eigenvalue weighted by molar-refractivity contribution is 5.79. The molecular formula is C17H26N2O. The van der Waals surface area contributed by atoms with E-state index in [1.54, 1.807) is 0 Å². The molecule has 1 saturated heterocycles. The first kappa shape index (κ1) is 15.0. The van der Waals surface area contributed by atoms with Crippen LogP contribution < -0.4 is 5.73 Å². The second kappa shape index (κ2) is 6.40. The molecule has 0 radical (unpaired) electrons. The fourth-order valence-corrected chi connectivity index (χ4v) is 2.94. The summed E-state index contributed by atoms with van der Waals surface area (Å²) in [6, 6.07) is 9.68. The third kappa shape index (κ3) is 3.21. The lowest BCUT2D eigenvalue weighted by molar-refractivity contribution is -0.134. The van der Waals surface area contributed by atoms with E-state index in [1.165, 1.54) is 0 Å². The maximum Gasteiger partial charge on any atom is 0.227 e. The Bertz CT molecular complexity index is 444. The van der Waals surface area contributed by atoms with Crippen LogP contribution in [-0.4, -0.2) is 23.9 Å². The number of likely N-dealkylation sites (tertiary alicyclic amines) is 1. The van der Waals surface area contributed by atoms with Crippen molar-refractivity contribution >= 4 is 5.91 Å². The Morgan fingerprint density at radius 2 is 1.90 bits per heavy atom. The molecule has 0 aliphatic carbocycles. The minimum Gasteiger partial charge on any atom is -0.342 e. The quantitative estimate of drug-likeness (QED) is 0.917. The molecule has 1 aromatic carbocycles. The molecule has 0 aromatic heterocycles. The van der Waals surface area contributed by atoms with Gasteiger partial charge in [-0.15, -0.1) is 0 Å². The largest absolute Gasteiger partial charge is 0.342 e. The molecule has 1 aromatic rings. The van der Waals surface area contributed by atoms with E-state index >= 15 is 0 Å². The topological polar surface area (TPSA) is 46.3 Å². The molecule has 1 heterocycles. The predicted octanol–water partition coefficient (Wildman–Crippen LogP) is 2.83. The van der Waals surface area contributed by atoms with Crippen molar-refractivity contribution < 1.29 is 4.79 Å². The molecule has 1 aliphatic heterocycles. The van der Waals surface area contributed by atoms with Crippen LogP contribution in [0.5, 0.6) is 0 Å². The normalized spacial score (nSPS) is 22.1. The van der Waals surface area contributed by atoms with Crippen LogP contribution in [0.15, 0.2) is 30.3 Å². The number of carbonyl (C=O) groups excluding carboxylic acids is 1. The highest BCUT2D eigenvalue weighted by Crippen LogP contribution is 2.27. The standard InChI is InChI=1S/C17H26N2O/c1-12(2)15-9-10-19(11-15)17(20)13(3)16(18)14-7-5-4-6-8-14/h4-8,12-13,15-16H,9-11,18H2,1-3H3. The van der Waals surface area contributed by atoms with E-state index in [1.807, 2.05) is 42.2 Å². The van der Waals surface area contributed by atoms with Crippen molar-refractivity contribution in [2.75, 3.05) is 13.1 Å². The lowest BCUT2D eigenvalue weighted by Crippen LogP contribution is -2.38. The number of benzene rings is 1. The number of nitrogens with zero attached hydrogens (tertiary/aromatic N) is 1. The summed E-state index contributed by atoms with van der Waals surface area (Å²) >= 11 is 0. The van der Waals surface area contributed by atoms with Gasteiger partial charge in [0.05, 0.1) is 5.92 Å². The number of hydrogen-bond acceptors (Lipinski definition) is 2. The van der Waals surface area contributed by atoms with Gasteiger partial charge in [-0.1, -0.05) is 51.1 Å². The summed E-state index contributed by atoms with van der Waals surface area (Å²) in [7, 11) is 0. The molecule has 0 saturated carbocycles. The third-order valence-electron chi connectivity index (χ3n) is 4.59. The zero-order chi connectivity index (χ0) is 14.7. The minimum absolute atomic E-state index is 0.164. The number of amides is 1. The molecule has 2 N–H and O–H groups in total. The van der Waals surface area contributed by atoms with Crippen LogP contribution in [0, 0.1) is 17.8 Å². The van der Waals surface area contributed by atoms with Crippen molar-refractivity contribution in [2.45, 2.75) is 33.2 Å². The van der Waals surface area contributed by atoms with Crippen LogP contribution in [0.25, 0.3) is 0 Å². The highest BCUT2D eigenvalue weighted by Gasteiger charge is 2.32.